The minimum absolute atomic E-state index is 0.0531. The van der Waals surface area contributed by atoms with Crippen molar-refractivity contribution in [3.8, 4) is 5.69 Å². The van der Waals surface area contributed by atoms with Crippen molar-refractivity contribution in [1.29, 1.82) is 0 Å². The predicted octanol–water partition coefficient (Wildman–Crippen LogP) is 4.65. The number of aryl methyl sites for hydroxylation is 1. The van der Waals surface area contributed by atoms with Crippen molar-refractivity contribution in [3.63, 3.8) is 0 Å². The van der Waals surface area contributed by atoms with Gasteiger partial charge in [-0.3, -0.25) is 9.59 Å². The number of rotatable bonds is 5. The van der Waals surface area contributed by atoms with Gasteiger partial charge in [0.25, 0.3) is 5.91 Å². The maximum atomic E-state index is 13.3. The number of carbonyl (C=O) groups excluding carboxylic acids is 2. The van der Waals surface area contributed by atoms with E-state index in [1.165, 1.54) is 0 Å². The van der Waals surface area contributed by atoms with Crippen molar-refractivity contribution in [2.45, 2.75) is 33.2 Å². The van der Waals surface area contributed by atoms with Crippen molar-refractivity contribution in [2.75, 3.05) is 20.1 Å². The number of amides is 2. The zero-order chi connectivity index (χ0) is 23.5. The molecule has 1 aliphatic rings. The average molecular weight is 465 g/mol. The van der Waals surface area contributed by atoms with Gasteiger partial charge in [0.1, 0.15) is 0 Å². The molecule has 1 fully saturated rings. The summed E-state index contributed by atoms with van der Waals surface area (Å²) in [5.41, 5.74) is 4.60. The molecule has 0 bridgehead atoms. The Balaban J connectivity index is 1.44. The van der Waals surface area contributed by atoms with Crippen LogP contribution in [-0.2, 0) is 11.3 Å². The van der Waals surface area contributed by atoms with E-state index >= 15 is 0 Å². The molecule has 0 spiro atoms. The highest BCUT2D eigenvalue weighted by molar-refractivity contribution is 6.30. The Morgan fingerprint density at radius 3 is 2.48 bits per heavy atom. The summed E-state index contributed by atoms with van der Waals surface area (Å²) in [6, 6.07) is 16.9. The van der Waals surface area contributed by atoms with Crippen molar-refractivity contribution >= 4 is 23.4 Å². The lowest BCUT2D eigenvalue weighted by Crippen LogP contribution is -2.45. The average Bonchev–Trinajstić information content (AvgIpc) is 3.12. The quantitative estimate of drug-likeness (QED) is 0.552. The Bertz CT molecular complexity index is 1140. The molecule has 1 aromatic heterocycles. The summed E-state index contributed by atoms with van der Waals surface area (Å²) in [5, 5.41) is 5.29. The number of nitrogens with zero attached hydrogens (tertiary/aromatic N) is 4. The van der Waals surface area contributed by atoms with Crippen LogP contribution >= 0.6 is 11.6 Å². The largest absolute Gasteiger partial charge is 0.341 e. The molecular weight excluding hydrogens is 436 g/mol. The third-order valence-electron chi connectivity index (χ3n) is 6.36. The summed E-state index contributed by atoms with van der Waals surface area (Å²) in [4.78, 5) is 29.8. The molecule has 6 nitrogen and oxygen atoms in total. The molecule has 0 unspecified atom stereocenters. The van der Waals surface area contributed by atoms with Crippen LogP contribution in [-0.4, -0.2) is 51.5 Å². The van der Waals surface area contributed by atoms with E-state index in [2.05, 4.69) is 0 Å². The fourth-order valence-electron chi connectivity index (χ4n) is 4.49. The molecule has 0 saturated carbocycles. The standard InChI is InChI=1S/C26H29ClN4O2/c1-18-24(19(2)31(28-18)23-9-5-4-6-10-23)17-29(3)25(32)21-8-7-15-30(16-21)26(33)20-11-13-22(27)14-12-20/h4-6,9-14,21H,7-8,15-17H2,1-3H3/t21-/m1/s1. The number of hydrogen-bond acceptors (Lipinski definition) is 3. The Labute approximate surface area is 199 Å². The number of likely N-dealkylation sites (tertiary alicyclic amines) is 1. The van der Waals surface area contributed by atoms with Crippen LogP contribution in [0.5, 0.6) is 0 Å². The van der Waals surface area contributed by atoms with Gasteiger partial charge in [0.05, 0.1) is 17.3 Å². The number of para-hydroxylation sites is 1. The van der Waals surface area contributed by atoms with Gasteiger partial charge in [-0.15, -0.1) is 0 Å². The first-order chi connectivity index (χ1) is 15.8. The Morgan fingerprint density at radius 1 is 1.09 bits per heavy atom. The molecule has 2 amide bonds. The molecule has 1 aliphatic heterocycles. The van der Waals surface area contributed by atoms with Gasteiger partial charge in [-0.2, -0.15) is 5.10 Å². The molecular formula is C26H29ClN4O2. The van der Waals surface area contributed by atoms with Gasteiger partial charge in [-0.05, 0) is 63.1 Å². The van der Waals surface area contributed by atoms with Gasteiger partial charge < -0.3 is 9.80 Å². The summed E-state index contributed by atoms with van der Waals surface area (Å²) in [5.74, 6) is -0.192. The highest BCUT2D eigenvalue weighted by Gasteiger charge is 2.31. The molecule has 7 heteroatoms. The lowest BCUT2D eigenvalue weighted by molar-refractivity contribution is -0.136. The number of halogens is 1. The molecule has 2 aromatic carbocycles. The van der Waals surface area contributed by atoms with Crippen LogP contribution in [0.25, 0.3) is 5.69 Å². The van der Waals surface area contributed by atoms with Crippen LogP contribution in [0, 0.1) is 19.8 Å². The molecule has 1 atom stereocenters. The number of piperidine rings is 1. The molecule has 3 aromatic rings. The molecule has 33 heavy (non-hydrogen) atoms. The van der Waals surface area contributed by atoms with E-state index in [-0.39, 0.29) is 17.7 Å². The topological polar surface area (TPSA) is 58.4 Å². The minimum atomic E-state index is -0.204. The van der Waals surface area contributed by atoms with Crippen LogP contribution in [0.3, 0.4) is 0 Å². The van der Waals surface area contributed by atoms with E-state index < -0.39 is 0 Å². The van der Waals surface area contributed by atoms with Gasteiger partial charge in [-0.1, -0.05) is 29.8 Å². The summed E-state index contributed by atoms with van der Waals surface area (Å²) in [6.45, 7) is 5.61. The van der Waals surface area contributed by atoms with E-state index in [4.69, 9.17) is 16.7 Å². The third kappa shape index (κ3) is 4.96. The van der Waals surface area contributed by atoms with E-state index in [0.717, 1.165) is 35.5 Å². The fourth-order valence-corrected chi connectivity index (χ4v) is 4.62. The van der Waals surface area contributed by atoms with Crippen LogP contribution in [0.2, 0.25) is 5.02 Å². The van der Waals surface area contributed by atoms with Crippen LogP contribution in [0.1, 0.15) is 40.2 Å². The number of benzene rings is 2. The van der Waals surface area contributed by atoms with Gasteiger partial charge in [0.2, 0.25) is 5.91 Å². The lowest BCUT2D eigenvalue weighted by atomic mass is 9.95. The van der Waals surface area contributed by atoms with Crippen molar-refractivity contribution < 1.29 is 9.59 Å². The second kappa shape index (κ2) is 9.79. The van der Waals surface area contributed by atoms with E-state index in [1.807, 2.05) is 55.9 Å². The molecule has 1 saturated heterocycles. The van der Waals surface area contributed by atoms with E-state index in [9.17, 15) is 9.59 Å². The van der Waals surface area contributed by atoms with Crippen LogP contribution < -0.4 is 0 Å². The van der Waals surface area contributed by atoms with Crippen molar-refractivity contribution in [1.82, 2.24) is 19.6 Å². The number of carbonyl (C=O) groups is 2. The molecule has 2 heterocycles. The maximum absolute atomic E-state index is 13.3. The lowest BCUT2D eigenvalue weighted by Gasteiger charge is -2.34. The highest BCUT2D eigenvalue weighted by Crippen LogP contribution is 2.24. The first kappa shape index (κ1) is 23.1. The normalized spacial score (nSPS) is 16.0. The van der Waals surface area contributed by atoms with Crippen molar-refractivity contribution in [3.05, 3.63) is 82.1 Å². The first-order valence-corrected chi connectivity index (χ1v) is 11.6. The number of hydrogen-bond donors (Lipinski definition) is 0. The van der Waals surface area contributed by atoms with Gasteiger partial charge in [0, 0.05) is 48.5 Å². The predicted molar refractivity (Wildman–Crippen MR) is 130 cm³/mol. The summed E-state index contributed by atoms with van der Waals surface area (Å²) < 4.78 is 1.93. The number of aromatic nitrogens is 2. The monoisotopic (exact) mass is 464 g/mol. The van der Waals surface area contributed by atoms with Gasteiger partial charge in [-0.25, -0.2) is 4.68 Å². The maximum Gasteiger partial charge on any atom is 0.253 e. The van der Waals surface area contributed by atoms with Gasteiger partial charge in [0.15, 0.2) is 0 Å². The van der Waals surface area contributed by atoms with Crippen molar-refractivity contribution in [2.24, 2.45) is 5.92 Å². The summed E-state index contributed by atoms with van der Waals surface area (Å²) in [7, 11) is 1.83. The minimum Gasteiger partial charge on any atom is -0.341 e. The molecule has 0 aliphatic carbocycles. The zero-order valence-corrected chi connectivity index (χ0v) is 20.0. The first-order valence-electron chi connectivity index (χ1n) is 11.3. The Morgan fingerprint density at radius 2 is 1.79 bits per heavy atom. The fraction of sp³-hybridized carbons (Fsp3) is 0.346. The molecule has 4 rings (SSSR count). The van der Waals surface area contributed by atoms with E-state index in [1.54, 1.807) is 34.1 Å². The van der Waals surface area contributed by atoms with Crippen LogP contribution in [0.4, 0.5) is 0 Å². The smallest absolute Gasteiger partial charge is 0.253 e. The second-order valence-corrected chi connectivity index (χ2v) is 9.12. The highest BCUT2D eigenvalue weighted by atomic mass is 35.5. The molecule has 172 valence electrons. The summed E-state index contributed by atoms with van der Waals surface area (Å²) in [6.07, 6.45) is 1.60. The third-order valence-corrected chi connectivity index (χ3v) is 6.61. The van der Waals surface area contributed by atoms with Crippen LogP contribution in [0.15, 0.2) is 54.6 Å². The Hall–Kier alpha value is -3.12. The summed E-state index contributed by atoms with van der Waals surface area (Å²) >= 11 is 5.95. The zero-order valence-electron chi connectivity index (χ0n) is 19.3. The Kier molecular flexibility index (Phi) is 6.84. The second-order valence-electron chi connectivity index (χ2n) is 8.69. The van der Waals surface area contributed by atoms with E-state index in [0.29, 0.717) is 30.2 Å². The molecule has 0 N–H and O–H groups in total. The molecule has 0 radical (unpaired) electrons. The van der Waals surface area contributed by atoms with Gasteiger partial charge >= 0.3 is 0 Å². The SMILES string of the molecule is Cc1nn(-c2ccccc2)c(C)c1CN(C)C(=O)[C@@H]1CCCN(C(=O)c2ccc(Cl)cc2)C1.